The Kier molecular flexibility index (Phi) is 4.22. The molecule has 0 saturated heterocycles. The van der Waals surface area contributed by atoms with Crippen LogP contribution in [0.25, 0.3) is 0 Å². The summed E-state index contributed by atoms with van der Waals surface area (Å²) in [6.45, 7) is 0. The van der Waals surface area contributed by atoms with Crippen molar-refractivity contribution in [2.75, 3.05) is 0 Å². The van der Waals surface area contributed by atoms with Crippen LogP contribution in [0.15, 0.2) is 33.7 Å². The molecule has 0 saturated carbocycles. The van der Waals surface area contributed by atoms with Gasteiger partial charge in [-0.1, -0.05) is 0 Å². The first-order valence-electron chi connectivity index (χ1n) is 4.25. The van der Waals surface area contributed by atoms with Gasteiger partial charge in [-0.2, -0.15) is 22.7 Å². The Morgan fingerprint density at radius 3 is 1.62 bits per heavy atom. The molecule has 2 rings (SSSR count). The molecule has 6 heteroatoms. The molecule has 0 N–H and O–H groups in total. The average molecular weight is 286 g/mol. The van der Waals surface area contributed by atoms with Crippen LogP contribution in [-0.2, 0) is 0 Å². The normalized spacial score (nSPS) is 10.2. The average Bonchev–Trinajstić information content (AvgIpc) is 2.95. The molecule has 2 heterocycles. The van der Waals surface area contributed by atoms with Crippen molar-refractivity contribution in [3.8, 4) is 0 Å². The summed E-state index contributed by atoms with van der Waals surface area (Å²) in [5.74, 6) is 0. The smallest absolute Gasteiger partial charge is 0.231 e. The third-order valence-electron chi connectivity index (χ3n) is 1.71. The van der Waals surface area contributed by atoms with Gasteiger partial charge in [0.15, 0.2) is 0 Å². The molecular formula is C10H6O2S4. The zero-order valence-electron chi connectivity index (χ0n) is 7.91. The second-order valence-corrected chi connectivity index (χ2v) is 6.40. The predicted molar refractivity (Wildman–Crippen MR) is 72.5 cm³/mol. The van der Waals surface area contributed by atoms with Crippen molar-refractivity contribution in [2.45, 2.75) is 0 Å². The van der Waals surface area contributed by atoms with Crippen LogP contribution in [0.2, 0.25) is 0 Å². The Hall–Kier alpha value is -0.560. The van der Waals surface area contributed by atoms with Crippen molar-refractivity contribution in [2.24, 2.45) is 0 Å². The Labute approximate surface area is 108 Å². The van der Waals surface area contributed by atoms with Crippen LogP contribution >= 0.6 is 44.3 Å². The highest BCUT2D eigenvalue weighted by atomic mass is 33.1. The predicted octanol–water partition coefficient (Wildman–Crippen LogP) is 4.17. The molecule has 0 amide bonds. The topological polar surface area (TPSA) is 34.1 Å². The molecule has 0 aliphatic heterocycles. The number of rotatable bonds is 2. The van der Waals surface area contributed by atoms with E-state index in [0.717, 1.165) is 21.6 Å². The fourth-order valence-corrected chi connectivity index (χ4v) is 3.98. The first-order chi connectivity index (χ1) is 7.77. The number of hydrogen-bond acceptors (Lipinski definition) is 6. The highest BCUT2D eigenvalue weighted by Crippen LogP contribution is 2.30. The molecule has 2 nitrogen and oxygen atoms in total. The first-order valence-corrected chi connectivity index (χ1v) is 8.28. The van der Waals surface area contributed by atoms with Gasteiger partial charge in [-0.3, -0.25) is 9.59 Å². The Morgan fingerprint density at radius 1 is 0.875 bits per heavy atom. The van der Waals surface area contributed by atoms with Gasteiger partial charge in [-0.05, 0) is 44.5 Å². The fourth-order valence-electron chi connectivity index (χ4n) is 0.933. The molecule has 2 aromatic rings. The van der Waals surface area contributed by atoms with Crippen molar-refractivity contribution in [1.82, 2.24) is 0 Å². The van der Waals surface area contributed by atoms with Gasteiger partial charge in [0.25, 0.3) is 0 Å². The van der Waals surface area contributed by atoms with Gasteiger partial charge in [-0.15, -0.1) is 0 Å². The second kappa shape index (κ2) is 5.67. The van der Waals surface area contributed by atoms with E-state index in [2.05, 4.69) is 0 Å². The van der Waals surface area contributed by atoms with Gasteiger partial charge >= 0.3 is 0 Å². The standard InChI is InChI=1S/C10H6O2S4/c11-9(7-1-3-13-5-7)15-16-10(12)8-2-4-14-6-8/h1-6H. The maximum Gasteiger partial charge on any atom is 0.231 e. The van der Waals surface area contributed by atoms with E-state index in [-0.39, 0.29) is 10.2 Å². The second-order valence-electron chi connectivity index (χ2n) is 2.77. The third-order valence-corrected chi connectivity index (χ3v) is 5.09. The highest BCUT2D eigenvalue weighted by Gasteiger charge is 2.13. The lowest BCUT2D eigenvalue weighted by atomic mass is 10.4. The molecular weight excluding hydrogens is 280 g/mol. The van der Waals surface area contributed by atoms with Crippen LogP contribution in [0, 0.1) is 0 Å². The van der Waals surface area contributed by atoms with Crippen molar-refractivity contribution < 1.29 is 9.59 Å². The first kappa shape index (κ1) is 11.9. The molecule has 82 valence electrons. The van der Waals surface area contributed by atoms with Crippen molar-refractivity contribution >= 4 is 54.5 Å². The van der Waals surface area contributed by atoms with Crippen LogP contribution in [0.4, 0.5) is 0 Å². The number of hydrogen-bond donors (Lipinski definition) is 0. The quantitative estimate of drug-likeness (QED) is 0.776. The highest BCUT2D eigenvalue weighted by molar-refractivity contribution is 8.87. The number of thiophene rings is 2. The summed E-state index contributed by atoms with van der Waals surface area (Å²) >= 11 is 2.95. The van der Waals surface area contributed by atoms with E-state index in [1.165, 1.54) is 22.7 Å². The summed E-state index contributed by atoms with van der Waals surface area (Å²) in [6, 6.07) is 3.52. The van der Waals surface area contributed by atoms with Gasteiger partial charge in [0.1, 0.15) is 0 Å². The summed E-state index contributed by atoms with van der Waals surface area (Å²) in [5, 5.41) is 7.11. The van der Waals surface area contributed by atoms with E-state index in [1.807, 2.05) is 10.8 Å². The molecule has 0 fully saturated rings. The van der Waals surface area contributed by atoms with E-state index < -0.39 is 0 Å². The van der Waals surface area contributed by atoms with Gasteiger partial charge in [-0.25, -0.2) is 0 Å². The molecule has 0 aliphatic carbocycles. The van der Waals surface area contributed by atoms with E-state index in [1.54, 1.807) is 22.9 Å². The summed E-state index contributed by atoms with van der Waals surface area (Å²) in [7, 11) is 1.96. The molecule has 0 aliphatic rings. The van der Waals surface area contributed by atoms with E-state index in [0.29, 0.717) is 11.1 Å². The lowest BCUT2D eigenvalue weighted by Crippen LogP contribution is -1.91. The monoisotopic (exact) mass is 286 g/mol. The zero-order chi connectivity index (χ0) is 11.4. The van der Waals surface area contributed by atoms with Crippen molar-refractivity contribution in [3.63, 3.8) is 0 Å². The van der Waals surface area contributed by atoms with Crippen molar-refractivity contribution in [1.29, 1.82) is 0 Å². The summed E-state index contributed by atoms with van der Waals surface area (Å²) in [5.41, 5.74) is 1.31. The molecule has 0 aromatic carbocycles. The van der Waals surface area contributed by atoms with Gasteiger partial charge in [0, 0.05) is 21.9 Å². The summed E-state index contributed by atoms with van der Waals surface area (Å²) in [4.78, 5) is 23.2. The molecule has 0 spiro atoms. The Morgan fingerprint density at radius 2 is 1.31 bits per heavy atom. The van der Waals surface area contributed by atoms with Gasteiger partial charge in [0.2, 0.25) is 10.2 Å². The molecule has 0 atom stereocenters. The lowest BCUT2D eigenvalue weighted by molar-refractivity contribution is 0.107. The van der Waals surface area contributed by atoms with Gasteiger partial charge in [0.05, 0.1) is 0 Å². The SMILES string of the molecule is O=C(SSC(=O)c1ccsc1)c1ccsc1. The van der Waals surface area contributed by atoms with Gasteiger partial charge < -0.3 is 0 Å². The van der Waals surface area contributed by atoms with E-state index in [9.17, 15) is 9.59 Å². The fraction of sp³-hybridized carbons (Fsp3) is 0. The Bertz CT molecular complexity index is 427. The minimum atomic E-state index is -0.0742. The zero-order valence-corrected chi connectivity index (χ0v) is 11.2. The molecule has 16 heavy (non-hydrogen) atoms. The summed E-state index contributed by atoms with van der Waals surface area (Å²) in [6.07, 6.45) is 0. The summed E-state index contributed by atoms with van der Waals surface area (Å²) < 4.78 is 0. The van der Waals surface area contributed by atoms with Crippen LogP contribution in [0.3, 0.4) is 0 Å². The molecule has 0 unspecified atom stereocenters. The van der Waals surface area contributed by atoms with Crippen LogP contribution in [-0.4, -0.2) is 10.2 Å². The maximum atomic E-state index is 11.6. The Balaban J connectivity index is 1.89. The van der Waals surface area contributed by atoms with Crippen LogP contribution in [0.5, 0.6) is 0 Å². The van der Waals surface area contributed by atoms with E-state index in [4.69, 9.17) is 0 Å². The maximum absolute atomic E-state index is 11.6. The minimum absolute atomic E-state index is 0.0742. The number of carbonyl (C=O) groups is 2. The van der Waals surface area contributed by atoms with Crippen molar-refractivity contribution in [3.05, 3.63) is 44.8 Å². The minimum Gasteiger partial charge on any atom is -0.281 e. The van der Waals surface area contributed by atoms with Crippen LogP contribution in [0.1, 0.15) is 20.7 Å². The largest absolute Gasteiger partial charge is 0.281 e. The number of carbonyl (C=O) groups excluding carboxylic acids is 2. The molecule has 2 aromatic heterocycles. The third kappa shape index (κ3) is 2.98. The lowest BCUT2D eigenvalue weighted by Gasteiger charge is -1.95. The molecule has 0 radical (unpaired) electrons. The van der Waals surface area contributed by atoms with Crippen LogP contribution < -0.4 is 0 Å². The molecule has 0 bridgehead atoms. The van der Waals surface area contributed by atoms with E-state index >= 15 is 0 Å².